The number of aliphatic imine (C=N–C) groups is 2. The number of hydrazine groups is 1. The van der Waals surface area contributed by atoms with Gasteiger partial charge in [-0.15, -0.1) is 0 Å². The van der Waals surface area contributed by atoms with Gasteiger partial charge >= 0.3 is 0 Å². The zero-order chi connectivity index (χ0) is 20.4. The monoisotopic (exact) mass is 407 g/mol. The first-order valence-electron chi connectivity index (χ1n) is 9.53. The lowest BCUT2D eigenvalue weighted by Crippen LogP contribution is -2.69. The molecule has 2 aliphatic rings. The highest BCUT2D eigenvalue weighted by molar-refractivity contribution is 8.13. The first-order chi connectivity index (χ1) is 14.0. The highest BCUT2D eigenvalue weighted by Gasteiger charge is 2.42. The molecule has 0 fully saturated rings. The second-order valence-corrected chi connectivity index (χ2v) is 8.00. The Balaban J connectivity index is 1.61. The summed E-state index contributed by atoms with van der Waals surface area (Å²) in [6.07, 6.45) is 7.57. The molecule has 0 radical (unpaired) electrons. The molecule has 0 saturated carbocycles. The first-order valence-corrected chi connectivity index (χ1v) is 10.8. The lowest BCUT2D eigenvalue weighted by molar-refractivity contribution is 0.111. The maximum atomic E-state index is 6.73. The molecule has 0 saturated heterocycles. The third kappa shape index (κ3) is 3.78. The molecule has 3 heterocycles. The second kappa shape index (κ2) is 7.98. The molecule has 4 N–H and O–H groups in total. The SMILES string of the molecule is CSC1=NC(N)(NCc2cnccc2-c2ccccc2)N2NC=C(C(C)C)C2=N1. The van der Waals surface area contributed by atoms with Crippen molar-refractivity contribution in [3.8, 4) is 11.1 Å². The predicted molar refractivity (Wildman–Crippen MR) is 120 cm³/mol. The van der Waals surface area contributed by atoms with E-state index in [-0.39, 0.29) is 0 Å². The third-order valence-corrected chi connectivity index (χ3v) is 5.51. The van der Waals surface area contributed by atoms with Crippen LogP contribution in [0.25, 0.3) is 11.1 Å². The minimum absolute atomic E-state index is 0.319. The molecule has 150 valence electrons. The quantitative estimate of drug-likeness (QED) is 0.660. The number of aromatic nitrogens is 1. The summed E-state index contributed by atoms with van der Waals surface area (Å²) in [7, 11) is 0. The van der Waals surface area contributed by atoms with Gasteiger partial charge < -0.3 is 0 Å². The summed E-state index contributed by atoms with van der Waals surface area (Å²) < 4.78 is 0. The smallest absolute Gasteiger partial charge is 0.266 e. The Hall–Kier alpha value is -2.68. The average molecular weight is 408 g/mol. The molecule has 2 aromatic rings. The number of pyridine rings is 1. The summed E-state index contributed by atoms with van der Waals surface area (Å²) in [6.45, 7) is 4.77. The molecule has 29 heavy (non-hydrogen) atoms. The van der Waals surface area contributed by atoms with Crippen LogP contribution in [-0.2, 0) is 6.54 Å². The molecular formula is C21H25N7S. The molecule has 4 rings (SSSR count). The molecule has 0 aliphatic carbocycles. The van der Waals surface area contributed by atoms with Gasteiger partial charge in [-0.2, -0.15) is 0 Å². The van der Waals surface area contributed by atoms with Crippen molar-refractivity contribution in [1.82, 2.24) is 20.7 Å². The van der Waals surface area contributed by atoms with E-state index < -0.39 is 5.91 Å². The highest BCUT2D eigenvalue weighted by Crippen LogP contribution is 2.28. The molecule has 0 amide bonds. The van der Waals surface area contributed by atoms with E-state index in [9.17, 15) is 0 Å². The largest absolute Gasteiger partial charge is 0.299 e. The number of hydrogen-bond acceptors (Lipinski definition) is 8. The Morgan fingerprint density at radius 1 is 1.24 bits per heavy atom. The van der Waals surface area contributed by atoms with Gasteiger partial charge in [-0.3, -0.25) is 21.5 Å². The van der Waals surface area contributed by atoms with Crippen LogP contribution in [0.3, 0.4) is 0 Å². The number of hydrogen-bond donors (Lipinski definition) is 3. The minimum Gasteiger partial charge on any atom is -0.299 e. The van der Waals surface area contributed by atoms with Crippen LogP contribution in [0.2, 0.25) is 0 Å². The van der Waals surface area contributed by atoms with Gasteiger partial charge in [0.25, 0.3) is 5.91 Å². The Kier molecular flexibility index (Phi) is 5.40. The molecule has 1 aromatic carbocycles. The zero-order valence-electron chi connectivity index (χ0n) is 16.8. The van der Waals surface area contributed by atoms with Gasteiger partial charge in [-0.05, 0) is 34.9 Å². The third-order valence-electron chi connectivity index (χ3n) is 4.96. The lowest BCUT2D eigenvalue weighted by atomic mass is 10.0. The maximum absolute atomic E-state index is 6.73. The number of nitrogens with two attached hydrogens (primary N) is 1. The molecule has 0 bridgehead atoms. The number of rotatable bonds is 5. The van der Waals surface area contributed by atoms with Crippen LogP contribution in [-0.4, -0.2) is 33.2 Å². The molecule has 0 spiro atoms. The summed E-state index contributed by atoms with van der Waals surface area (Å²) in [5.74, 6) is -0.0321. The Morgan fingerprint density at radius 2 is 2.03 bits per heavy atom. The Bertz CT molecular complexity index is 984. The van der Waals surface area contributed by atoms with Crippen molar-refractivity contribution in [2.24, 2.45) is 21.6 Å². The summed E-state index contributed by atoms with van der Waals surface area (Å²) in [5, 5.41) is 5.85. The van der Waals surface area contributed by atoms with Crippen LogP contribution in [0.15, 0.2) is 70.5 Å². The summed E-state index contributed by atoms with van der Waals surface area (Å²) in [4.78, 5) is 13.6. The number of thioether (sulfide) groups is 1. The van der Waals surface area contributed by atoms with E-state index in [1.807, 2.05) is 42.9 Å². The number of nitrogens with one attached hydrogen (secondary N) is 2. The summed E-state index contributed by atoms with van der Waals surface area (Å²) >= 11 is 1.48. The number of benzene rings is 1. The second-order valence-electron chi connectivity index (χ2n) is 7.23. The fourth-order valence-electron chi connectivity index (χ4n) is 3.40. The average Bonchev–Trinajstić information content (AvgIpc) is 3.18. The van der Waals surface area contributed by atoms with Gasteiger partial charge in [0.05, 0.1) is 0 Å². The van der Waals surface area contributed by atoms with Crippen LogP contribution in [0.5, 0.6) is 0 Å². The molecule has 8 heteroatoms. The topological polar surface area (TPSA) is 90.9 Å². The summed E-state index contributed by atoms with van der Waals surface area (Å²) in [5.41, 5.74) is 14.4. The number of nitrogens with zero attached hydrogens (tertiary/aromatic N) is 4. The molecule has 2 aliphatic heterocycles. The van der Waals surface area contributed by atoms with Gasteiger partial charge in [0.15, 0.2) is 11.0 Å². The zero-order valence-corrected chi connectivity index (χ0v) is 17.6. The molecule has 7 nitrogen and oxygen atoms in total. The number of amidine groups is 2. The van der Waals surface area contributed by atoms with E-state index in [4.69, 9.17) is 5.73 Å². The fourth-order valence-corrected chi connectivity index (χ4v) is 3.81. The van der Waals surface area contributed by atoms with E-state index in [2.05, 4.69) is 51.7 Å². The molecule has 1 atom stereocenters. The van der Waals surface area contributed by atoms with Crippen molar-refractivity contribution in [3.05, 3.63) is 66.1 Å². The van der Waals surface area contributed by atoms with E-state index in [1.54, 1.807) is 11.2 Å². The van der Waals surface area contributed by atoms with Crippen molar-refractivity contribution in [3.63, 3.8) is 0 Å². The van der Waals surface area contributed by atoms with Crippen LogP contribution < -0.4 is 16.5 Å². The van der Waals surface area contributed by atoms with Crippen molar-refractivity contribution in [2.45, 2.75) is 26.3 Å². The fraction of sp³-hybridized carbons (Fsp3) is 0.286. The molecule has 1 unspecified atom stereocenters. The lowest BCUT2D eigenvalue weighted by Gasteiger charge is -2.39. The number of fused-ring (bicyclic) bond motifs is 1. The van der Waals surface area contributed by atoms with Gasteiger partial charge in [0.1, 0.15) is 0 Å². The summed E-state index contributed by atoms with van der Waals surface area (Å²) in [6, 6.07) is 12.3. The van der Waals surface area contributed by atoms with Crippen molar-refractivity contribution >= 4 is 22.8 Å². The van der Waals surface area contributed by atoms with E-state index in [0.717, 1.165) is 28.1 Å². The van der Waals surface area contributed by atoms with E-state index in [0.29, 0.717) is 17.6 Å². The Labute approximate surface area is 175 Å². The van der Waals surface area contributed by atoms with Crippen molar-refractivity contribution in [2.75, 3.05) is 6.26 Å². The first kappa shape index (κ1) is 19.6. The van der Waals surface area contributed by atoms with Gasteiger partial charge in [-0.1, -0.05) is 55.9 Å². The Morgan fingerprint density at radius 3 is 2.76 bits per heavy atom. The van der Waals surface area contributed by atoms with Crippen LogP contribution in [0.4, 0.5) is 0 Å². The normalized spacial score (nSPS) is 20.7. The van der Waals surface area contributed by atoms with Crippen LogP contribution in [0.1, 0.15) is 19.4 Å². The van der Waals surface area contributed by atoms with Crippen LogP contribution >= 0.6 is 11.8 Å². The molecule has 1 aromatic heterocycles. The van der Waals surface area contributed by atoms with Gasteiger partial charge in [-0.25, -0.2) is 15.0 Å². The van der Waals surface area contributed by atoms with Gasteiger partial charge in [0.2, 0.25) is 0 Å². The van der Waals surface area contributed by atoms with E-state index in [1.165, 1.54) is 11.8 Å². The molecular weight excluding hydrogens is 382 g/mol. The highest BCUT2D eigenvalue weighted by atomic mass is 32.2. The predicted octanol–water partition coefficient (Wildman–Crippen LogP) is 2.90. The standard InChI is InChI=1S/C21H25N7S/c1-14(2)18-13-25-28-19(18)26-20(29-3)27-21(28,22)24-12-16-11-23-10-9-17(16)15-7-5-4-6-8-15/h4-11,13-14,24-25H,12,22H2,1-3H3. The van der Waals surface area contributed by atoms with Gasteiger partial charge in [0, 0.05) is 30.7 Å². The maximum Gasteiger partial charge on any atom is 0.266 e. The van der Waals surface area contributed by atoms with Crippen molar-refractivity contribution in [1.29, 1.82) is 0 Å². The van der Waals surface area contributed by atoms with Crippen LogP contribution in [0, 0.1) is 5.92 Å². The van der Waals surface area contributed by atoms with E-state index >= 15 is 0 Å². The van der Waals surface area contributed by atoms with Crippen molar-refractivity contribution < 1.29 is 0 Å². The minimum atomic E-state index is -1.16.